The number of hydrogen-bond acceptors (Lipinski definition) is 8. The van der Waals surface area contributed by atoms with Crippen molar-refractivity contribution >= 4 is 0 Å². The summed E-state index contributed by atoms with van der Waals surface area (Å²) in [5.74, 6) is 0. The van der Waals surface area contributed by atoms with Crippen molar-refractivity contribution in [2.24, 2.45) is 0 Å². The molecular formula is C15H21N3O5. The van der Waals surface area contributed by atoms with E-state index in [-0.39, 0.29) is 29.2 Å². The molecule has 0 spiro atoms. The van der Waals surface area contributed by atoms with Gasteiger partial charge in [0.15, 0.2) is 0 Å². The number of epoxide rings is 2. The molecule has 2 atom stereocenters. The maximum atomic E-state index is 5.57. The number of rotatable bonds is 9. The summed E-state index contributed by atoms with van der Waals surface area (Å²) in [6.07, 6.45) is 3.73. The Morgan fingerprint density at radius 3 is 1.74 bits per heavy atom. The average Bonchev–Trinajstić information content (AvgIpc) is 3.44. The first kappa shape index (κ1) is 15.9. The highest BCUT2D eigenvalue weighted by Gasteiger charge is 2.41. The van der Waals surface area contributed by atoms with E-state index in [9.17, 15) is 0 Å². The maximum Gasteiger partial charge on any atom is 0.326 e. The fourth-order valence-electron chi connectivity index (χ4n) is 1.58. The minimum Gasteiger partial charge on any atom is -0.460 e. The van der Waals surface area contributed by atoms with Crippen molar-refractivity contribution in [3.8, 4) is 18.0 Å². The van der Waals surface area contributed by atoms with Crippen molar-refractivity contribution in [2.45, 2.75) is 32.0 Å². The Hall–Kier alpha value is -1.93. The van der Waals surface area contributed by atoms with Gasteiger partial charge < -0.3 is 23.7 Å². The molecule has 0 radical (unpaired) electrons. The Balaban J connectivity index is 1.66. The highest BCUT2D eigenvalue weighted by Crippen LogP contribution is 2.28. The van der Waals surface area contributed by atoms with E-state index >= 15 is 0 Å². The van der Waals surface area contributed by atoms with Crippen molar-refractivity contribution < 1.29 is 23.7 Å². The first-order chi connectivity index (χ1) is 11.0. The first-order valence-corrected chi connectivity index (χ1v) is 7.54. The molecule has 0 aromatic carbocycles. The predicted octanol–water partition coefficient (Wildman–Crippen LogP) is 1.16. The van der Waals surface area contributed by atoms with E-state index in [1.165, 1.54) is 0 Å². The molecule has 0 bridgehead atoms. The van der Waals surface area contributed by atoms with Crippen LogP contribution in [0.15, 0.2) is 12.2 Å². The van der Waals surface area contributed by atoms with Crippen LogP contribution in [0.3, 0.4) is 0 Å². The van der Waals surface area contributed by atoms with Gasteiger partial charge >= 0.3 is 18.0 Å². The lowest BCUT2D eigenvalue weighted by Crippen LogP contribution is -2.20. The fraction of sp³-hybridized carbons (Fsp3) is 0.667. The number of aromatic nitrogens is 3. The lowest BCUT2D eigenvalue weighted by atomic mass is 10.2. The molecule has 8 nitrogen and oxygen atoms in total. The van der Waals surface area contributed by atoms with Crippen molar-refractivity contribution in [2.75, 3.05) is 33.0 Å². The molecule has 2 aliphatic rings. The van der Waals surface area contributed by atoms with Gasteiger partial charge in [0.25, 0.3) is 0 Å². The summed E-state index contributed by atoms with van der Waals surface area (Å²) in [5.41, 5.74) is -0.510. The van der Waals surface area contributed by atoms with Gasteiger partial charge in [-0.1, -0.05) is 12.2 Å². The van der Waals surface area contributed by atoms with Crippen molar-refractivity contribution in [3.63, 3.8) is 0 Å². The number of hydrogen-bond donors (Lipinski definition) is 0. The second kappa shape index (κ2) is 6.29. The highest BCUT2D eigenvalue weighted by molar-refractivity contribution is 5.10. The van der Waals surface area contributed by atoms with Crippen LogP contribution in [0.25, 0.3) is 0 Å². The second-order valence-electron chi connectivity index (χ2n) is 6.12. The van der Waals surface area contributed by atoms with E-state index in [1.807, 2.05) is 32.9 Å². The lowest BCUT2D eigenvalue weighted by molar-refractivity contribution is 0.170. The summed E-state index contributed by atoms with van der Waals surface area (Å²) in [6, 6.07) is 0.472. The topological polar surface area (TPSA) is 91.4 Å². The molecule has 0 aliphatic carbocycles. The van der Waals surface area contributed by atoms with E-state index in [0.717, 1.165) is 0 Å². The largest absolute Gasteiger partial charge is 0.460 e. The summed E-state index contributed by atoms with van der Waals surface area (Å²) in [5, 5.41) is 0. The number of allylic oxidation sites excluding steroid dienone is 1. The molecule has 23 heavy (non-hydrogen) atoms. The minimum atomic E-state index is -0.255. The molecule has 1 aromatic heterocycles. The molecule has 126 valence electrons. The molecule has 0 N–H and O–H groups in total. The normalized spacial score (nSPS) is 28.7. The van der Waals surface area contributed by atoms with Gasteiger partial charge in [0.1, 0.15) is 31.0 Å². The van der Waals surface area contributed by atoms with Gasteiger partial charge in [-0.25, -0.2) is 0 Å². The van der Waals surface area contributed by atoms with Gasteiger partial charge in [0.05, 0.1) is 13.2 Å². The van der Waals surface area contributed by atoms with Crippen LogP contribution >= 0.6 is 0 Å². The number of ether oxygens (including phenoxy) is 5. The van der Waals surface area contributed by atoms with Crippen molar-refractivity contribution in [1.29, 1.82) is 0 Å². The first-order valence-electron chi connectivity index (χ1n) is 7.54. The Labute approximate surface area is 134 Å². The monoisotopic (exact) mass is 323 g/mol. The average molecular weight is 323 g/mol. The predicted molar refractivity (Wildman–Crippen MR) is 79.8 cm³/mol. The van der Waals surface area contributed by atoms with Crippen molar-refractivity contribution in [1.82, 2.24) is 15.0 Å². The second-order valence-corrected chi connectivity index (χ2v) is 6.12. The van der Waals surface area contributed by atoms with Crippen LogP contribution in [-0.4, -0.2) is 59.2 Å². The van der Waals surface area contributed by atoms with Crippen LogP contribution in [-0.2, 0) is 9.47 Å². The molecule has 3 rings (SSSR count). The molecular weight excluding hydrogens is 302 g/mol. The Bertz CT molecular complexity index is 544. The van der Waals surface area contributed by atoms with E-state index in [2.05, 4.69) is 15.0 Å². The zero-order chi connectivity index (χ0) is 16.3. The van der Waals surface area contributed by atoms with E-state index in [0.29, 0.717) is 33.0 Å². The van der Waals surface area contributed by atoms with Crippen LogP contribution in [0.4, 0.5) is 0 Å². The van der Waals surface area contributed by atoms with Gasteiger partial charge in [-0.2, -0.15) is 0 Å². The van der Waals surface area contributed by atoms with Gasteiger partial charge in [-0.3, -0.25) is 0 Å². The molecule has 3 heterocycles. The Morgan fingerprint density at radius 2 is 1.35 bits per heavy atom. The fourth-order valence-corrected chi connectivity index (χ4v) is 1.58. The third kappa shape index (κ3) is 4.77. The van der Waals surface area contributed by atoms with E-state index < -0.39 is 0 Å². The van der Waals surface area contributed by atoms with Gasteiger partial charge in [-0.05, 0) is 20.8 Å². The van der Waals surface area contributed by atoms with Gasteiger partial charge in [0, 0.05) is 0 Å². The zero-order valence-electron chi connectivity index (χ0n) is 13.6. The van der Waals surface area contributed by atoms with Crippen LogP contribution in [0.2, 0.25) is 0 Å². The Kier molecular flexibility index (Phi) is 4.36. The van der Waals surface area contributed by atoms with Crippen LogP contribution in [0.1, 0.15) is 20.8 Å². The molecule has 2 aliphatic heterocycles. The minimum absolute atomic E-state index is 0.157. The molecule has 8 heteroatoms. The van der Waals surface area contributed by atoms with Crippen LogP contribution in [0.5, 0.6) is 18.0 Å². The van der Waals surface area contributed by atoms with Crippen LogP contribution < -0.4 is 14.2 Å². The molecule has 2 fully saturated rings. The third-order valence-electron chi connectivity index (χ3n) is 3.41. The van der Waals surface area contributed by atoms with Gasteiger partial charge in [0.2, 0.25) is 0 Å². The zero-order valence-corrected chi connectivity index (χ0v) is 13.6. The van der Waals surface area contributed by atoms with E-state index in [4.69, 9.17) is 23.7 Å². The summed E-state index contributed by atoms with van der Waals surface area (Å²) in [6.45, 7) is 8.26. The highest BCUT2D eigenvalue weighted by atomic mass is 16.6. The maximum absolute atomic E-state index is 5.57. The standard InChI is InChI=1S/C15H21N3O5/c1-4-5-6-19-11-16-12(20-7-14(2)9-22-14)18-13(17-11)21-8-15(3)10-23-15/h4-5H,6-10H2,1-3H3. The quantitative estimate of drug-likeness (QED) is 0.494. The SMILES string of the molecule is CC=CCOc1nc(OCC2(C)CO2)nc(OCC2(C)CO2)n1. The third-order valence-corrected chi connectivity index (χ3v) is 3.41. The molecule has 1 aromatic rings. The Morgan fingerprint density at radius 1 is 0.913 bits per heavy atom. The smallest absolute Gasteiger partial charge is 0.326 e. The molecule has 0 saturated carbocycles. The van der Waals surface area contributed by atoms with E-state index in [1.54, 1.807) is 0 Å². The summed E-state index contributed by atoms with van der Waals surface area (Å²) in [7, 11) is 0. The molecule has 2 saturated heterocycles. The summed E-state index contributed by atoms with van der Waals surface area (Å²) < 4.78 is 27.1. The number of nitrogens with zero attached hydrogens (tertiary/aromatic N) is 3. The van der Waals surface area contributed by atoms with Crippen molar-refractivity contribution in [3.05, 3.63) is 12.2 Å². The van der Waals surface area contributed by atoms with Gasteiger partial charge in [-0.15, -0.1) is 15.0 Å². The molecule has 0 amide bonds. The summed E-state index contributed by atoms with van der Waals surface area (Å²) >= 11 is 0. The lowest BCUT2D eigenvalue weighted by Gasteiger charge is -2.11. The summed E-state index contributed by atoms with van der Waals surface area (Å²) in [4.78, 5) is 12.4. The molecule has 2 unspecified atom stereocenters. The van der Waals surface area contributed by atoms with Crippen LogP contribution in [0, 0.1) is 0 Å².